The number of nitrogens with zero attached hydrogens (tertiary/aromatic N) is 2. The van der Waals surface area contributed by atoms with Gasteiger partial charge in [0.2, 0.25) is 5.91 Å². The number of dihydropyridines is 1. The number of rotatable bonds is 5. The van der Waals surface area contributed by atoms with E-state index in [1.165, 1.54) is 11.8 Å². The summed E-state index contributed by atoms with van der Waals surface area (Å²) in [4.78, 5) is 29.4. The minimum Gasteiger partial charge on any atom is -0.352 e. The second-order valence-electron chi connectivity index (χ2n) is 7.18. The zero-order valence-corrected chi connectivity index (χ0v) is 18.1. The molecule has 2 N–H and O–H groups in total. The molecule has 6 nitrogen and oxygen atoms in total. The number of benzene rings is 1. The van der Waals surface area contributed by atoms with Crippen molar-refractivity contribution in [1.82, 2.24) is 10.3 Å². The van der Waals surface area contributed by atoms with Gasteiger partial charge in [-0.3, -0.25) is 14.6 Å². The average molecular weight is 451 g/mol. The topological polar surface area (TPSA) is 94.9 Å². The number of nitrogens with one attached hydrogen (secondary N) is 2. The molecule has 2 heterocycles. The van der Waals surface area contributed by atoms with Crippen molar-refractivity contribution < 1.29 is 9.59 Å². The lowest BCUT2D eigenvalue weighted by atomic mass is 9.77. The van der Waals surface area contributed by atoms with Gasteiger partial charge in [-0.25, -0.2) is 0 Å². The summed E-state index contributed by atoms with van der Waals surface area (Å²) in [5.74, 6) is -0.565. The monoisotopic (exact) mass is 450 g/mol. The number of aromatic nitrogens is 1. The summed E-state index contributed by atoms with van der Waals surface area (Å²) in [5.41, 5.74) is 3.23. The normalized spacial score (nSPS) is 18.2. The van der Waals surface area contributed by atoms with E-state index in [9.17, 15) is 14.9 Å². The molecule has 1 aliphatic carbocycles. The summed E-state index contributed by atoms with van der Waals surface area (Å²) in [5, 5.41) is 17.1. The molecule has 1 atom stereocenters. The molecule has 0 radical (unpaired) electrons. The molecule has 8 heteroatoms. The van der Waals surface area contributed by atoms with E-state index in [0.717, 1.165) is 24.1 Å². The van der Waals surface area contributed by atoms with E-state index in [1.54, 1.807) is 42.7 Å². The summed E-state index contributed by atoms with van der Waals surface area (Å²) < 4.78 is 0. The van der Waals surface area contributed by atoms with Crippen LogP contribution >= 0.6 is 23.4 Å². The lowest BCUT2D eigenvalue weighted by Crippen LogP contribution is -2.31. The van der Waals surface area contributed by atoms with Gasteiger partial charge >= 0.3 is 0 Å². The van der Waals surface area contributed by atoms with E-state index in [2.05, 4.69) is 21.7 Å². The molecule has 0 bridgehead atoms. The van der Waals surface area contributed by atoms with Crippen LogP contribution in [0.25, 0.3) is 0 Å². The quantitative estimate of drug-likeness (QED) is 0.694. The average Bonchev–Trinajstić information content (AvgIpc) is 2.79. The number of ketones is 1. The lowest BCUT2D eigenvalue weighted by Gasteiger charge is -2.33. The number of carbonyl (C=O) groups is 2. The molecule has 1 aromatic heterocycles. The fourth-order valence-electron chi connectivity index (χ4n) is 3.80. The molecular weight excluding hydrogens is 432 g/mol. The summed E-state index contributed by atoms with van der Waals surface area (Å²) in [6.45, 7) is 0. The Morgan fingerprint density at radius 3 is 2.87 bits per heavy atom. The fraction of sp³-hybridized carbons (Fsp3) is 0.217. The maximum absolute atomic E-state index is 12.7. The van der Waals surface area contributed by atoms with Crippen molar-refractivity contribution in [2.75, 3.05) is 11.1 Å². The van der Waals surface area contributed by atoms with Gasteiger partial charge in [0.05, 0.1) is 39.1 Å². The molecular formula is C23H19ClN4O2S. The molecule has 4 rings (SSSR count). The van der Waals surface area contributed by atoms with Crippen molar-refractivity contribution in [3.63, 3.8) is 0 Å². The third kappa shape index (κ3) is 4.50. The van der Waals surface area contributed by atoms with Gasteiger partial charge in [-0.1, -0.05) is 41.6 Å². The van der Waals surface area contributed by atoms with Gasteiger partial charge in [0.15, 0.2) is 5.78 Å². The molecule has 2 aliphatic rings. The number of pyridine rings is 1. The first-order valence-corrected chi connectivity index (χ1v) is 11.2. The van der Waals surface area contributed by atoms with Crippen molar-refractivity contribution in [2.24, 2.45) is 0 Å². The SMILES string of the molecule is N#CC1=C(SCC(=O)Nc2ccccc2Cl)NC2=C(C(=O)CCC2)[C@@H]1c1cccnc1. The molecule has 0 fully saturated rings. The Hall–Kier alpha value is -3.08. The highest BCUT2D eigenvalue weighted by atomic mass is 35.5. The van der Waals surface area contributed by atoms with Crippen LogP contribution in [0.15, 0.2) is 70.7 Å². The van der Waals surface area contributed by atoms with Crippen LogP contribution in [0.4, 0.5) is 5.69 Å². The number of amides is 1. The number of halogens is 1. The molecule has 2 aromatic rings. The molecule has 156 valence electrons. The van der Waals surface area contributed by atoms with Gasteiger partial charge in [-0.2, -0.15) is 5.26 Å². The summed E-state index contributed by atoms with van der Waals surface area (Å²) in [6.07, 6.45) is 5.31. The number of hydrogen-bond acceptors (Lipinski definition) is 6. The second-order valence-corrected chi connectivity index (χ2v) is 8.58. The summed E-state index contributed by atoms with van der Waals surface area (Å²) in [6, 6.07) is 13.0. The van der Waals surface area contributed by atoms with Gasteiger partial charge in [0.1, 0.15) is 0 Å². The zero-order valence-electron chi connectivity index (χ0n) is 16.5. The minimum atomic E-state index is -0.475. The number of nitriles is 1. The van der Waals surface area contributed by atoms with Crippen LogP contribution in [0, 0.1) is 11.3 Å². The first-order valence-electron chi connectivity index (χ1n) is 9.83. The lowest BCUT2D eigenvalue weighted by molar-refractivity contribution is -0.116. The number of anilines is 1. The van der Waals surface area contributed by atoms with E-state index in [4.69, 9.17) is 11.6 Å². The Morgan fingerprint density at radius 2 is 2.13 bits per heavy atom. The number of para-hydroxylation sites is 1. The number of thioether (sulfide) groups is 1. The highest BCUT2D eigenvalue weighted by Gasteiger charge is 2.37. The van der Waals surface area contributed by atoms with Gasteiger partial charge in [0.25, 0.3) is 0 Å². The van der Waals surface area contributed by atoms with E-state index in [-0.39, 0.29) is 17.4 Å². The minimum absolute atomic E-state index is 0.0517. The van der Waals surface area contributed by atoms with Gasteiger partial charge in [-0.15, -0.1) is 0 Å². The van der Waals surface area contributed by atoms with E-state index < -0.39 is 5.92 Å². The molecule has 1 aliphatic heterocycles. The van der Waals surface area contributed by atoms with Gasteiger partial charge in [0, 0.05) is 30.1 Å². The van der Waals surface area contributed by atoms with E-state index in [1.807, 2.05) is 6.07 Å². The third-order valence-electron chi connectivity index (χ3n) is 5.18. The Morgan fingerprint density at radius 1 is 1.29 bits per heavy atom. The van der Waals surface area contributed by atoms with Crippen LogP contribution in [0.3, 0.4) is 0 Å². The Labute approximate surface area is 189 Å². The zero-order chi connectivity index (χ0) is 21.8. The van der Waals surface area contributed by atoms with Crippen molar-refractivity contribution >= 4 is 40.7 Å². The molecule has 0 spiro atoms. The standard InChI is InChI=1S/C23H19ClN4O2S/c24-16-6-1-2-7-17(16)27-20(30)13-31-23-15(11-25)21(14-5-4-10-26-12-14)22-18(28-23)8-3-9-19(22)29/h1-2,4-7,10,12,21,28H,3,8-9,13H2,(H,27,30)/t21-/m1/s1. The van der Waals surface area contributed by atoms with Gasteiger partial charge < -0.3 is 10.6 Å². The van der Waals surface area contributed by atoms with Crippen molar-refractivity contribution in [2.45, 2.75) is 25.2 Å². The van der Waals surface area contributed by atoms with Crippen LogP contribution in [0.5, 0.6) is 0 Å². The van der Waals surface area contributed by atoms with Crippen LogP contribution in [-0.2, 0) is 9.59 Å². The third-order valence-corrected chi connectivity index (χ3v) is 6.52. The molecule has 1 aromatic carbocycles. The summed E-state index contributed by atoms with van der Waals surface area (Å²) in [7, 11) is 0. The molecule has 0 saturated heterocycles. The van der Waals surface area contributed by atoms with Crippen LogP contribution in [0.2, 0.25) is 5.02 Å². The van der Waals surface area contributed by atoms with Crippen LogP contribution in [-0.4, -0.2) is 22.4 Å². The summed E-state index contributed by atoms with van der Waals surface area (Å²) >= 11 is 7.35. The second kappa shape index (κ2) is 9.38. The van der Waals surface area contributed by atoms with Crippen LogP contribution < -0.4 is 10.6 Å². The first-order chi connectivity index (χ1) is 15.1. The van der Waals surface area contributed by atoms with Gasteiger partial charge in [-0.05, 0) is 36.6 Å². The number of carbonyl (C=O) groups excluding carboxylic acids is 2. The Bertz CT molecular complexity index is 1140. The number of hydrogen-bond donors (Lipinski definition) is 2. The highest BCUT2D eigenvalue weighted by molar-refractivity contribution is 8.03. The Kier molecular flexibility index (Phi) is 6.40. The number of allylic oxidation sites excluding steroid dienone is 3. The van der Waals surface area contributed by atoms with E-state index >= 15 is 0 Å². The van der Waals surface area contributed by atoms with Crippen LogP contribution in [0.1, 0.15) is 30.7 Å². The molecule has 1 amide bonds. The van der Waals surface area contributed by atoms with Crippen molar-refractivity contribution in [3.05, 3.63) is 81.3 Å². The number of Topliss-reactive ketones (excluding diaryl/α,β-unsaturated/α-hetero) is 1. The molecule has 0 saturated carbocycles. The highest BCUT2D eigenvalue weighted by Crippen LogP contribution is 2.43. The first kappa shape index (κ1) is 21.2. The molecule has 31 heavy (non-hydrogen) atoms. The maximum atomic E-state index is 12.7. The van der Waals surface area contributed by atoms with Crippen molar-refractivity contribution in [1.29, 1.82) is 5.26 Å². The van der Waals surface area contributed by atoms with Crippen molar-refractivity contribution in [3.8, 4) is 6.07 Å². The largest absolute Gasteiger partial charge is 0.352 e. The predicted molar refractivity (Wildman–Crippen MR) is 121 cm³/mol. The fourth-order valence-corrected chi connectivity index (χ4v) is 4.85. The van der Waals surface area contributed by atoms with E-state index in [0.29, 0.717) is 33.3 Å². The molecule has 0 unspecified atom stereocenters. The predicted octanol–water partition coefficient (Wildman–Crippen LogP) is 4.54. The maximum Gasteiger partial charge on any atom is 0.234 e. The Balaban J connectivity index is 1.60. The smallest absolute Gasteiger partial charge is 0.234 e.